The van der Waals surface area contributed by atoms with Crippen LogP contribution in [0.3, 0.4) is 0 Å². The van der Waals surface area contributed by atoms with Gasteiger partial charge in [-0.05, 0) is 26.7 Å². The molecule has 0 atom stereocenters. The van der Waals surface area contributed by atoms with Crippen molar-refractivity contribution in [2.75, 3.05) is 13.2 Å². The predicted octanol–water partition coefficient (Wildman–Crippen LogP) is 2.24. The van der Waals surface area contributed by atoms with Crippen molar-refractivity contribution in [3.63, 3.8) is 0 Å². The fourth-order valence-corrected chi connectivity index (χ4v) is 1.71. The van der Waals surface area contributed by atoms with E-state index in [-0.39, 0.29) is 5.54 Å². The first kappa shape index (κ1) is 10.7. The van der Waals surface area contributed by atoms with Gasteiger partial charge in [-0.1, -0.05) is 24.5 Å². The lowest BCUT2D eigenvalue weighted by molar-refractivity contribution is 0.108. The minimum Gasteiger partial charge on any atom is -0.375 e. The van der Waals surface area contributed by atoms with Gasteiger partial charge in [0.2, 0.25) is 0 Å². The topological polar surface area (TPSA) is 35.2 Å². The highest BCUT2D eigenvalue weighted by molar-refractivity contribution is 4.94. The molecule has 1 aliphatic carbocycles. The predicted molar refractivity (Wildman–Crippen MR) is 55.6 cm³/mol. The number of hydrogen-bond donors (Lipinski definition) is 1. The van der Waals surface area contributed by atoms with Gasteiger partial charge in [-0.25, -0.2) is 0 Å². The largest absolute Gasteiger partial charge is 0.375 e. The van der Waals surface area contributed by atoms with Crippen molar-refractivity contribution in [3.05, 3.63) is 11.6 Å². The summed E-state index contributed by atoms with van der Waals surface area (Å²) in [6.45, 7) is 5.59. The molecule has 0 radical (unpaired) electrons. The SMILES string of the molecule is CC(C)=CCOCC1(N)CCCC1. The third kappa shape index (κ3) is 3.92. The fourth-order valence-electron chi connectivity index (χ4n) is 1.71. The van der Waals surface area contributed by atoms with E-state index < -0.39 is 0 Å². The van der Waals surface area contributed by atoms with Crippen molar-refractivity contribution in [1.82, 2.24) is 0 Å². The normalized spacial score (nSPS) is 20.2. The molecule has 1 fully saturated rings. The molecule has 0 bridgehead atoms. The summed E-state index contributed by atoms with van der Waals surface area (Å²) >= 11 is 0. The molecule has 76 valence electrons. The van der Waals surface area contributed by atoms with Gasteiger partial charge in [0, 0.05) is 5.54 Å². The van der Waals surface area contributed by atoms with Crippen molar-refractivity contribution in [2.45, 2.75) is 45.1 Å². The zero-order valence-corrected chi connectivity index (χ0v) is 8.81. The van der Waals surface area contributed by atoms with Crippen LogP contribution in [0.2, 0.25) is 0 Å². The van der Waals surface area contributed by atoms with Crippen LogP contribution >= 0.6 is 0 Å². The molecular weight excluding hydrogens is 162 g/mol. The van der Waals surface area contributed by atoms with E-state index >= 15 is 0 Å². The zero-order chi connectivity index (χ0) is 9.73. The molecule has 0 aromatic rings. The van der Waals surface area contributed by atoms with Crippen LogP contribution in [0.5, 0.6) is 0 Å². The molecule has 0 aromatic carbocycles. The van der Waals surface area contributed by atoms with E-state index in [0.717, 1.165) is 19.4 Å². The van der Waals surface area contributed by atoms with Gasteiger partial charge >= 0.3 is 0 Å². The molecule has 1 aliphatic rings. The van der Waals surface area contributed by atoms with Gasteiger partial charge in [0.1, 0.15) is 0 Å². The summed E-state index contributed by atoms with van der Waals surface area (Å²) in [5.74, 6) is 0. The molecule has 0 amide bonds. The lowest BCUT2D eigenvalue weighted by Crippen LogP contribution is -2.41. The molecule has 1 saturated carbocycles. The van der Waals surface area contributed by atoms with Crippen LogP contribution in [0.25, 0.3) is 0 Å². The minimum atomic E-state index is -0.0184. The van der Waals surface area contributed by atoms with Gasteiger partial charge < -0.3 is 10.5 Å². The highest BCUT2D eigenvalue weighted by Crippen LogP contribution is 2.27. The average molecular weight is 183 g/mol. The number of rotatable bonds is 4. The van der Waals surface area contributed by atoms with Crippen molar-refractivity contribution in [2.24, 2.45) is 5.73 Å². The van der Waals surface area contributed by atoms with Crippen LogP contribution in [0.15, 0.2) is 11.6 Å². The lowest BCUT2D eigenvalue weighted by Gasteiger charge is -2.22. The van der Waals surface area contributed by atoms with E-state index in [1.165, 1.54) is 18.4 Å². The minimum absolute atomic E-state index is 0.0184. The second-order valence-corrected chi connectivity index (χ2v) is 4.37. The standard InChI is InChI=1S/C11H21NO/c1-10(2)5-8-13-9-11(12)6-3-4-7-11/h5H,3-4,6-9,12H2,1-2H3. The van der Waals surface area contributed by atoms with Crippen molar-refractivity contribution >= 4 is 0 Å². The molecule has 0 spiro atoms. The Kier molecular flexibility index (Phi) is 3.94. The summed E-state index contributed by atoms with van der Waals surface area (Å²) in [4.78, 5) is 0. The molecule has 0 heterocycles. The molecule has 0 aliphatic heterocycles. The summed E-state index contributed by atoms with van der Waals surface area (Å²) in [7, 11) is 0. The van der Waals surface area contributed by atoms with E-state index in [2.05, 4.69) is 19.9 Å². The van der Waals surface area contributed by atoms with Gasteiger partial charge in [-0.2, -0.15) is 0 Å². The Hall–Kier alpha value is -0.340. The first-order valence-corrected chi connectivity index (χ1v) is 5.12. The van der Waals surface area contributed by atoms with Crippen LogP contribution in [0, 0.1) is 0 Å². The lowest BCUT2D eigenvalue weighted by atomic mass is 10.0. The Morgan fingerprint density at radius 3 is 2.54 bits per heavy atom. The molecule has 0 aromatic heterocycles. The number of hydrogen-bond acceptors (Lipinski definition) is 2. The second kappa shape index (κ2) is 4.77. The van der Waals surface area contributed by atoms with Crippen molar-refractivity contribution in [1.29, 1.82) is 0 Å². The van der Waals surface area contributed by atoms with E-state index in [4.69, 9.17) is 10.5 Å². The third-order valence-corrected chi connectivity index (χ3v) is 2.60. The second-order valence-electron chi connectivity index (χ2n) is 4.37. The molecule has 1 rings (SSSR count). The first-order valence-electron chi connectivity index (χ1n) is 5.12. The highest BCUT2D eigenvalue weighted by atomic mass is 16.5. The van der Waals surface area contributed by atoms with Gasteiger partial charge in [0.15, 0.2) is 0 Å². The van der Waals surface area contributed by atoms with E-state index in [0.29, 0.717) is 6.61 Å². The van der Waals surface area contributed by atoms with E-state index in [1.807, 2.05) is 0 Å². The Balaban J connectivity index is 2.15. The maximum Gasteiger partial charge on any atom is 0.0650 e. The Bertz CT molecular complexity index is 177. The van der Waals surface area contributed by atoms with Crippen LogP contribution < -0.4 is 5.73 Å². The summed E-state index contributed by atoms with van der Waals surface area (Å²) in [6, 6.07) is 0. The summed E-state index contributed by atoms with van der Waals surface area (Å²) in [5.41, 5.74) is 7.42. The number of ether oxygens (including phenoxy) is 1. The third-order valence-electron chi connectivity index (χ3n) is 2.60. The van der Waals surface area contributed by atoms with Crippen LogP contribution in [0.1, 0.15) is 39.5 Å². The smallest absolute Gasteiger partial charge is 0.0650 e. The quantitative estimate of drug-likeness (QED) is 0.536. The van der Waals surface area contributed by atoms with Crippen molar-refractivity contribution in [3.8, 4) is 0 Å². The summed E-state index contributed by atoms with van der Waals surface area (Å²) < 4.78 is 5.53. The molecule has 2 nitrogen and oxygen atoms in total. The zero-order valence-electron chi connectivity index (χ0n) is 8.81. The fraction of sp³-hybridized carbons (Fsp3) is 0.818. The van der Waals surface area contributed by atoms with Crippen LogP contribution in [-0.4, -0.2) is 18.8 Å². The molecular formula is C11H21NO. The maximum atomic E-state index is 6.13. The number of nitrogens with two attached hydrogens (primary N) is 1. The monoisotopic (exact) mass is 183 g/mol. The van der Waals surface area contributed by atoms with Gasteiger partial charge in [0.25, 0.3) is 0 Å². The van der Waals surface area contributed by atoms with Crippen LogP contribution in [-0.2, 0) is 4.74 Å². The van der Waals surface area contributed by atoms with Gasteiger partial charge in [-0.3, -0.25) is 0 Å². The van der Waals surface area contributed by atoms with E-state index in [1.54, 1.807) is 0 Å². The van der Waals surface area contributed by atoms with E-state index in [9.17, 15) is 0 Å². The van der Waals surface area contributed by atoms with Crippen molar-refractivity contribution < 1.29 is 4.74 Å². The number of allylic oxidation sites excluding steroid dienone is 1. The summed E-state index contributed by atoms with van der Waals surface area (Å²) in [5, 5.41) is 0. The van der Waals surface area contributed by atoms with Crippen LogP contribution in [0.4, 0.5) is 0 Å². The highest BCUT2D eigenvalue weighted by Gasteiger charge is 2.29. The Morgan fingerprint density at radius 1 is 1.38 bits per heavy atom. The Morgan fingerprint density at radius 2 is 2.00 bits per heavy atom. The van der Waals surface area contributed by atoms with Gasteiger partial charge in [-0.15, -0.1) is 0 Å². The average Bonchev–Trinajstić information content (AvgIpc) is 2.47. The molecule has 2 heteroatoms. The molecule has 0 saturated heterocycles. The Labute approximate surface area is 81.1 Å². The first-order chi connectivity index (χ1) is 6.12. The molecule has 13 heavy (non-hydrogen) atoms. The summed E-state index contributed by atoms with van der Waals surface area (Å²) in [6.07, 6.45) is 6.88. The van der Waals surface area contributed by atoms with Gasteiger partial charge in [0.05, 0.1) is 13.2 Å². The maximum absolute atomic E-state index is 6.13. The molecule has 2 N–H and O–H groups in total. The molecule has 0 unspecified atom stereocenters.